The highest BCUT2D eigenvalue weighted by Gasteiger charge is 2.23. The topological polar surface area (TPSA) is 47.3 Å². The maximum absolute atomic E-state index is 5.82. The molecule has 1 aromatic rings. The van der Waals surface area contributed by atoms with E-state index in [4.69, 9.17) is 16.9 Å². The first-order valence-corrected chi connectivity index (χ1v) is 5.65. The summed E-state index contributed by atoms with van der Waals surface area (Å²) in [6, 6.07) is 7.95. The van der Waals surface area contributed by atoms with E-state index in [0.717, 1.165) is 17.7 Å². The summed E-state index contributed by atoms with van der Waals surface area (Å²) < 4.78 is 5.33. The molecule has 0 saturated heterocycles. The van der Waals surface area contributed by atoms with Crippen molar-refractivity contribution < 1.29 is 4.74 Å². The number of hydrogen-bond acceptors (Lipinski definition) is 3. The Hall–Kier alpha value is -1.50. The first kappa shape index (κ1) is 13.6. The van der Waals surface area contributed by atoms with Crippen LogP contribution in [0.5, 0.6) is 5.75 Å². The smallest absolute Gasteiger partial charge is 0.122 e. The van der Waals surface area contributed by atoms with Gasteiger partial charge in [0.25, 0.3) is 0 Å². The van der Waals surface area contributed by atoms with E-state index in [2.05, 4.69) is 18.2 Å². The molecule has 1 aromatic carbocycles. The van der Waals surface area contributed by atoms with Crippen LogP contribution < -0.4 is 15.8 Å². The number of hydrogen-bond donors (Lipinski definition) is 2. The number of ether oxygens (including phenoxy) is 1. The molecule has 0 fully saturated rings. The Morgan fingerprint density at radius 3 is 2.76 bits per heavy atom. The lowest BCUT2D eigenvalue weighted by atomic mass is 9.92. The first-order chi connectivity index (χ1) is 8.15. The van der Waals surface area contributed by atoms with Crippen molar-refractivity contribution in [2.45, 2.75) is 18.9 Å². The van der Waals surface area contributed by atoms with Gasteiger partial charge in [-0.05, 0) is 25.0 Å². The molecule has 3 N–H and O–H groups in total. The Labute approximate surface area is 103 Å². The van der Waals surface area contributed by atoms with Crippen molar-refractivity contribution in [1.82, 2.24) is 5.32 Å². The Bertz CT molecular complexity index is 397. The number of nitrogens with two attached hydrogens (primary N) is 1. The minimum atomic E-state index is -0.207. The van der Waals surface area contributed by atoms with Gasteiger partial charge in [0, 0.05) is 12.1 Å². The van der Waals surface area contributed by atoms with E-state index >= 15 is 0 Å². The molecule has 3 nitrogen and oxygen atoms in total. The van der Waals surface area contributed by atoms with Crippen molar-refractivity contribution in [1.29, 1.82) is 0 Å². The van der Waals surface area contributed by atoms with Crippen molar-refractivity contribution in [3.8, 4) is 18.1 Å². The van der Waals surface area contributed by atoms with E-state index in [1.165, 1.54) is 0 Å². The van der Waals surface area contributed by atoms with E-state index in [1.807, 2.05) is 24.3 Å². The molecule has 0 aliphatic carbocycles. The Balaban J connectivity index is 2.83. The Morgan fingerprint density at radius 1 is 1.47 bits per heavy atom. The summed E-state index contributed by atoms with van der Waals surface area (Å²) in [5, 5.41) is 3.28. The number of rotatable bonds is 6. The van der Waals surface area contributed by atoms with Crippen molar-refractivity contribution in [3.05, 3.63) is 29.8 Å². The minimum absolute atomic E-state index is 0.207. The second-order valence-corrected chi connectivity index (χ2v) is 4.31. The molecule has 0 spiro atoms. The van der Waals surface area contributed by atoms with Gasteiger partial charge >= 0.3 is 0 Å². The predicted molar refractivity (Wildman–Crippen MR) is 71.0 cm³/mol. The molecular weight excluding hydrogens is 212 g/mol. The quantitative estimate of drug-likeness (QED) is 0.724. The lowest BCUT2D eigenvalue weighted by molar-refractivity contribution is 0.364. The van der Waals surface area contributed by atoms with Gasteiger partial charge in [-0.2, -0.15) is 0 Å². The van der Waals surface area contributed by atoms with E-state index in [-0.39, 0.29) is 5.54 Å². The molecule has 17 heavy (non-hydrogen) atoms. The third-order valence-corrected chi connectivity index (χ3v) is 2.84. The third-order valence-electron chi connectivity index (χ3n) is 2.84. The minimum Gasteiger partial charge on any atom is -0.496 e. The largest absolute Gasteiger partial charge is 0.496 e. The number of methoxy groups -OCH3 is 1. The van der Waals surface area contributed by atoms with Crippen LogP contribution in [0.1, 0.15) is 12.5 Å². The summed E-state index contributed by atoms with van der Waals surface area (Å²) in [5.41, 5.74) is 6.74. The van der Waals surface area contributed by atoms with Gasteiger partial charge < -0.3 is 10.5 Å². The highest BCUT2D eigenvalue weighted by molar-refractivity contribution is 5.34. The van der Waals surface area contributed by atoms with Crippen LogP contribution in [0.4, 0.5) is 0 Å². The standard InChI is InChI=1S/C14H20N2O/c1-4-9-16-14(2,11-15)10-12-7-5-6-8-13(12)17-3/h1,5-8,16H,9-11,15H2,2-3H3. The van der Waals surface area contributed by atoms with Crippen LogP contribution in [-0.4, -0.2) is 25.7 Å². The van der Waals surface area contributed by atoms with Gasteiger partial charge in [0.2, 0.25) is 0 Å². The highest BCUT2D eigenvalue weighted by Crippen LogP contribution is 2.22. The van der Waals surface area contributed by atoms with Gasteiger partial charge in [-0.25, -0.2) is 0 Å². The number of terminal acetylenes is 1. The summed E-state index contributed by atoms with van der Waals surface area (Å²) in [6.45, 7) is 3.10. The van der Waals surface area contributed by atoms with Gasteiger partial charge in [0.05, 0.1) is 13.7 Å². The summed E-state index contributed by atoms with van der Waals surface area (Å²) in [4.78, 5) is 0. The summed E-state index contributed by atoms with van der Waals surface area (Å²) in [7, 11) is 1.67. The average molecular weight is 232 g/mol. The molecule has 0 bridgehead atoms. The third kappa shape index (κ3) is 3.77. The van der Waals surface area contributed by atoms with E-state index in [1.54, 1.807) is 7.11 Å². The number of nitrogens with one attached hydrogen (secondary N) is 1. The average Bonchev–Trinajstić information content (AvgIpc) is 2.37. The molecule has 0 aromatic heterocycles. The van der Waals surface area contributed by atoms with Gasteiger partial charge in [-0.15, -0.1) is 6.42 Å². The fraction of sp³-hybridized carbons (Fsp3) is 0.429. The molecule has 0 amide bonds. The van der Waals surface area contributed by atoms with Crippen LogP contribution in [0.15, 0.2) is 24.3 Å². The van der Waals surface area contributed by atoms with Gasteiger partial charge in [-0.1, -0.05) is 24.1 Å². The molecule has 0 aliphatic heterocycles. The van der Waals surface area contributed by atoms with E-state index in [9.17, 15) is 0 Å². The van der Waals surface area contributed by atoms with Gasteiger partial charge in [0.1, 0.15) is 5.75 Å². The monoisotopic (exact) mass is 232 g/mol. The maximum atomic E-state index is 5.82. The van der Waals surface area contributed by atoms with E-state index < -0.39 is 0 Å². The lowest BCUT2D eigenvalue weighted by Crippen LogP contribution is -2.50. The predicted octanol–water partition coefficient (Wildman–Crippen LogP) is 1.18. The SMILES string of the molecule is C#CCNC(C)(CN)Cc1ccccc1OC. The summed E-state index contributed by atoms with van der Waals surface area (Å²) >= 11 is 0. The molecular formula is C14H20N2O. The zero-order valence-electron chi connectivity index (χ0n) is 10.5. The zero-order valence-corrected chi connectivity index (χ0v) is 10.5. The maximum Gasteiger partial charge on any atom is 0.122 e. The molecule has 0 radical (unpaired) electrons. The normalized spacial score (nSPS) is 13.8. The van der Waals surface area contributed by atoms with Crippen LogP contribution in [0.3, 0.4) is 0 Å². The highest BCUT2D eigenvalue weighted by atomic mass is 16.5. The first-order valence-electron chi connectivity index (χ1n) is 5.65. The van der Waals surface area contributed by atoms with Crippen LogP contribution in [0.2, 0.25) is 0 Å². The molecule has 3 heteroatoms. The fourth-order valence-corrected chi connectivity index (χ4v) is 1.74. The summed E-state index contributed by atoms with van der Waals surface area (Å²) in [5.74, 6) is 3.46. The Morgan fingerprint density at radius 2 is 2.18 bits per heavy atom. The van der Waals surface area contributed by atoms with Crippen molar-refractivity contribution in [2.75, 3.05) is 20.2 Å². The zero-order chi connectivity index (χ0) is 12.7. The molecule has 0 saturated carbocycles. The van der Waals surface area contributed by atoms with Crippen molar-refractivity contribution >= 4 is 0 Å². The second kappa shape index (κ2) is 6.29. The van der Waals surface area contributed by atoms with Crippen LogP contribution >= 0.6 is 0 Å². The van der Waals surface area contributed by atoms with Crippen molar-refractivity contribution in [2.24, 2.45) is 5.73 Å². The molecule has 0 aliphatic rings. The van der Waals surface area contributed by atoms with Crippen LogP contribution in [-0.2, 0) is 6.42 Å². The molecule has 1 rings (SSSR count). The van der Waals surface area contributed by atoms with Crippen LogP contribution in [0, 0.1) is 12.3 Å². The van der Waals surface area contributed by atoms with E-state index in [0.29, 0.717) is 13.1 Å². The van der Waals surface area contributed by atoms with Gasteiger partial charge in [-0.3, -0.25) is 5.32 Å². The lowest BCUT2D eigenvalue weighted by Gasteiger charge is -2.29. The fourth-order valence-electron chi connectivity index (χ4n) is 1.74. The number of para-hydroxylation sites is 1. The Kier molecular flexibility index (Phi) is 5.02. The molecule has 0 heterocycles. The second-order valence-electron chi connectivity index (χ2n) is 4.31. The van der Waals surface area contributed by atoms with Gasteiger partial charge in [0.15, 0.2) is 0 Å². The summed E-state index contributed by atoms with van der Waals surface area (Å²) in [6.07, 6.45) is 6.05. The molecule has 1 unspecified atom stereocenters. The van der Waals surface area contributed by atoms with Crippen LogP contribution in [0.25, 0.3) is 0 Å². The number of benzene rings is 1. The van der Waals surface area contributed by atoms with Crippen molar-refractivity contribution in [3.63, 3.8) is 0 Å². The molecule has 92 valence electrons. The molecule has 1 atom stereocenters.